The van der Waals surface area contributed by atoms with Crippen LogP contribution in [0.15, 0.2) is 12.2 Å². The van der Waals surface area contributed by atoms with Crippen LogP contribution < -0.4 is 0 Å². The highest BCUT2D eigenvalue weighted by Gasteiger charge is 2.14. The first-order valence-corrected chi connectivity index (χ1v) is 4.49. The summed E-state index contributed by atoms with van der Waals surface area (Å²) >= 11 is 0. The lowest BCUT2D eigenvalue weighted by Gasteiger charge is -2.06. The van der Waals surface area contributed by atoms with Gasteiger partial charge >= 0.3 is 5.97 Å². The van der Waals surface area contributed by atoms with Crippen molar-refractivity contribution in [2.24, 2.45) is 5.92 Å². The van der Waals surface area contributed by atoms with Crippen LogP contribution in [0.2, 0.25) is 0 Å². The van der Waals surface area contributed by atoms with Crippen molar-refractivity contribution in [3.63, 3.8) is 0 Å². The number of carboxylic acid groups (broad SMARTS) is 1. The molecule has 0 saturated carbocycles. The second-order valence-electron chi connectivity index (χ2n) is 2.94. The van der Waals surface area contributed by atoms with Crippen LogP contribution in [0.3, 0.4) is 0 Å². The average molecular weight is 180 g/mol. The van der Waals surface area contributed by atoms with E-state index in [1.165, 1.54) is 0 Å². The van der Waals surface area contributed by atoms with Gasteiger partial charge in [0, 0.05) is 6.42 Å². The van der Waals surface area contributed by atoms with Gasteiger partial charge in [-0.2, -0.15) is 0 Å². The summed E-state index contributed by atoms with van der Waals surface area (Å²) < 4.78 is 0. The van der Waals surface area contributed by atoms with Gasteiger partial charge in [-0.1, -0.05) is 12.2 Å². The lowest BCUT2D eigenvalue weighted by atomic mass is 9.99. The molecule has 0 aliphatic heterocycles. The Balaban J connectivity index is 3.71. The van der Waals surface area contributed by atoms with E-state index in [-0.39, 0.29) is 5.92 Å². The van der Waals surface area contributed by atoms with Gasteiger partial charge in [-0.05, 0) is 26.2 Å². The summed E-state index contributed by atoms with van der Waals surface area (Å²) in [7, 11) is 0. The number of hydrogen-bond acceptors (Lipinski definition) is 1. The van der Waals surface area contributed by atoms with Crippen LogP contribution in [0.5, 0.6) is 0 Å². The normalized spacial score (nSPS) is 12.6. The summed E-state index contributed by atoms with van der Waals surface area (Å²) in [6, 6.07) is 0. The van der Waals surface area contributed by atoms with Crippen molar-refractivity contribution >= 4 is 5.97 Å². The first-order chi connectivity index (χ1) is 6.22. The van der Waals surface area contributed by atoms with Crippen molar-refractivity contribution < 1.29 is 9.90 Å². The largest absolute Gasteiger partial charge is 0.481 e. The van der Waals surface area contributed by atoms with Crippen LogP contribution in [-0.2, 0) is 4.79 Å². The molecule has 0 spiro atoms. The maximum atomic E-state index is 10.6. The fourth-order valence-corrected chi connectivity index (χ4v) is 1.10. The van der Waals surface area contributed by atoms with E-state index in [1.54, 1.807) is 0 Å². The molecule has 0 fully saturated rings. The lowest BCUT2D eigenvalue weighted by Crippen LogP contribution is -2.12. The molecule has 0 aliphatic carbocycles. The zero-order valence-corrected chi connectivity index (χ0v) is 7.99. The number of allylic oxidation sites excluding steroid dienone is 2. The summed E-state index contributed by atoms with van der Waals surface area (Å²) in [5.41, 5.74) is 0. The molecule has 0 amide bonds. The molecule has 0 aromatic rings. The van der Waals surface area contributed by atoms with Gasteiger partial charge in [0.05, 0.1) is 5.92 Å². The second-order valence-corrected chi connectivity index (χ2v) is 2.94. The summed E-state index contributed by atoms with van der Waals surface area (Å²) in [6.07, 6.45) is 11.9. The first kappa shape index (κ1) is 11.8. The SMILES string of the molecule is C#CCC(CCC/C=C/C)C(=O)O. The van der Waals surface area contributed by atoms with E-state index in [0.29, 0.717) is 12.8 Å². The van der Waals surface area contributed by atoms with E-state index in [1.807, 2.05) is 19.1 Å². The van der Waals surface area contributed by atoms with Crippen molar-refractivity contribution in [3.05, 3.63) is 12.2 Å². The molecule has 72 valence electrons. The Labute approximate surface area is 79.7 Å². The fraction of sp³-hybridized carbons (Fsp3) is 0.545. The molecule has 0 radical (unpaired) electrons. The highest BCUT2D eigenvalue weighted by molar-refractivity contribution is 5.70. The maximum absolute atomic E-state index is 10.6. The standard InChI is InChI=1S/C11H16O2/c1-3-5-6-7-9-10(8-4-2)11(12)13/h2-3,5,10H,6-9H2,1H3,(H,12,13)/b5-3+. The molecule has 0 rings (SSSR count). The minimum absolute atomic E-state index is 0.338. The molecule has 0 heterocycles. The van der Waals surface area contributed by atoms with Gasteiger partial charge in [0.1, 0.15) is 0 Å². The zero-order chi connectivity index (χ0) is 10.1. The van der Waals surface area contributed by atoms with Gasteiger partial charge in [-0.25, -0.2) is 0 Å². The molecule has 2 heteroatoms. The molecular formula is C11H16O2. The molecule has 13 heavy (non-hydrogen) atoms. The molecule has 0 bridgehead atoms. The molecule has 0 aromatic carbocycles. The smallest absolute Gasteiger partial charge is 0.307 e. The monoisotopic (exact) mass is 180 g/mol. The van der Waals surface area contributed by atoms with Crippen molar-refractivity contribution in [2.45, 2.75) is 32.6 Å². The molecule has 1 unspecified atom stereocenters. The minimum atomic E-state index is -0.779. The van der Waals surface area contributed by atoms with Crippen LogP contribution in [0.1, 0.15) is 32.6 Å². The number of hydrogen-bond donors (Lipinski definition) is 1. The van der Waals surface area contributed by atoms with E-state index in [9.17, 15) is 4.79 Å². The van der Waals surface area contributed by atoms with E-state index < -0.39 is 5.97 Å². The fourth-order valence-electron chi connectivity index (χ4n) is 1.10. The predicted molar refractivity (Wildman–Crippen MR) is 53.2 cm³/mol. The maximum Gasteiger partial charge on any atom is 0.307 e. The van der Waals surface area contributed by atoms with Gasteiger partial charge in [0.2, 0.25) is 0 Å². The van der Waals surface area contributed by atoms with E-state index in [0.717, 1.165) is 12.8 Å². The number of unbranched alkanes of at least 4 members (excludes halogenated alkanes) is 1. The summed E-state index contributed by atoms with van der Waals surface area (Å²) in [5.74, 6) is 1.25. The van der Waals surface area contributed by atoms with Gasteiger partial charge in [0.15, 0.2) is 0 Å². The van der Waals surface area contributed by atoms with Crippen LogP contribution in [0.25, 0.3) is 0 Å². The topological polar surface area (TPSA) is 37.3 Å². The summed E-state index contributed by atoms with van der Waals surface area (Å²) in [6.45, 7) is 1.95. The van der Waals surface area contributed by atoms with E-state index in [2.05, 4.69) is 5.92 Å². The quantitative estimate of drug-likeness (QED) is 0.387. The molecule has 2 nitrogen and oxygen atoms in total. The summed E-state index contributed by atoms with van der Waals surface area (Å²) in [5, 5.41) is 8.75. The van der Waals surface area contributed by atoms with Crippen molar-refractivity contribution in [1.29, 1.82) is 0 Å². The van der Waals surface area contributed by atoms with Crippen LogP contribution in [0, 0.1) is 18.3 Å². The van der Waals surface area contributed by atoms with Crippen LogP contribution in [-0.4, -0.2) is 11.1 Å². The number of aliphatic carboxylic acids is 1. The Morgan fingerprint density at radius 2 is 2.38 bits per heavy atom. The molecule has 1 atom stereocenters. The van der Waals surface area contributed by atoms with E-state index >= 15 is 0 Å². The van der Waals surface area contributed by atoms with E-state index in [4.69, 9.17) is 11.5 Å². The van der Waals surface area contributed by atoms with Gasteiger partial charge in [-0.15, -0.1) is 12.3 Å². The van der Waals surface area contributed by atoms with Crippen LogP contribution >= 0.6 is 0 Å². The Hall–Kier alpha value is -1.23. The lowest BCUT2D eigenvalue weighted by molar-refractivity contribution is -0.141. The Morgan fingerprint density at radius 3 is 2.85 bits per heavy atom. The van der Waals surface area contributed by atoms with Crippen molar-refractivity contribution in [2.75, 3.05) is 0 Å². The van der Waals surface area contributed by atoms with Crippen LogP contribution in [0.4, 0.5) is 0 Å². The number of rotatable bonds is 6. The van der Waals surface area contributed by atoms with Crippen molar-refractivity contribution in [1.82, 2.24) is 0 Å². The zero-order valence-electron chi connectivity index (χ0n) is 7.99. The third-order valence-electron chi connectivity index (χ3n) is 1.87. The molecule has 1 N–H and O–H groups in total. The molecule has 0 aliphatic rings. The van der Waals surface area contributed by atoms with Gasteiger partial charge in [-0.3, -0.25) is 4.79 Å². The average Bonchev–Trinajstić information content (AvgIpc) is 2.10. The minimum Gasteiger partial charge on any atom is -0.481 e. The Kier molecular flexibility index (Phi) is 6.72. The third-order valence-corrected chi connectivity index (χ3v) is 1.87. The molecular weight excluding hydrogens is 164 g/mol. The number of terminal acetylenes is 1. The molecule has 0 saturated heterocycles. The highest BCUT2D eigenvalue weighted by atomic mass is 16.4. The predicted octanol–water partition coefficient (Wildman–Crippen LogP) is 2.46. The third kappa shape index (κ3) is 5.98. The summed E-state index contributed by atoms with van der Waals surface area (Å²) in [4.78, 5) is 10.6. The Morgan fingerprint density at radius 1 is 1.69 bits per heavy atom. The number of carboxylic acids is 1. The second kappa shape index (κ2) is 7.42. The van der Waals surface area contributed by atoms with Gasteiger partial charge < -0.3 is 5.11 Å². The van der Waals surface area contributed by atoms with Gasteiger partial charge in [0.25, 0.3) is 0 Å². The Bertz CT molecular complexity index is 211. The van der Waals surface area contributed by atoms with Crippen molar-refractivity contribution in [3.8, 4) is 12.3 Å². The highest BCUT2D eigenvalue weighted by Crippen LogP contribution is 2.12. The molecule has 0 aromatic heterocycles. The number of carbonyl (C=O) groups is 1. The first-order valence-electron chi connectivity index (χ1n) is 4.49.